The zero-order valence-corrected chi connectivity index (χ0v) is 15.3. The number of carbonyl (C=O) groups is 1. The predicted molar refractivity (Wildman–Crippen MR) is 99.1 cm³/mol. The Morgan fingerprint density at radius 2 is 1.81 bits per heavy atom. The number of fused-ring (bicyclic) bond motifs is 1. The van der Waals surface area contributed by atoms with Crippen LogP contribution in [0.3, 0.4) is 0 Å². The molecule has 1 N–H and O–H groups in total. The molecule has 0 radical (unpaired) electrons. The summed E-state index contributed by atoms with van der Waals surface area (Å²) in [5.41, 5.74) is 1.78. The normalized spacial score (nSPS) is 17.8. The van der Waals surface area contributed by atoms with Gasteiger partial charge in [0, 0.05) is 30.0 Å². The van der Waals surface area contributed by atoms with Gasteiger partial charge < -0.3 is 19.5 Å². The molecule has 2 heterocycles. The molecule has 2 aromatic rings. The van der Waals surface area contributed by atoms with E-state index in [9.17, 15) is 4.79 Å². The third kappa shape index (κ3) is 2.91. The van der Waals surface area contributed by atoms with E-state index in [1.807, 2.05) is 43.3 Å². The maximum atomic E-state index is 13.4. The lowest BCUT2D eigenvalue weighted by atomic mass is 9.73. The summed E-state index contributed by atoms with van der Waals surface area (Å²) in [7, 11) is 0. The van der Waals surface area contributed by atoms with Crippen molar-refractivity contribution in [3.8, 4) is 11.5 Å². The Kier molecular flexibility index (Phi) is 4.51. The average Bonchev–Trinajstić information content (AvgIpc) is 3.10. The summed E-state index contributed by atoms with van der Waals surface area (Å²) in [6.07, 6.45) is 1.18. The molecule has 6 heteroatoms. The average molecular weight is 374 g/mol. The second-order valence-corrected chi connectivity index (χ2v) is 7.06. The fraction of sp³-hybridized carbons (Fsp3) is 0.350. The van der Waals surface area contributed by atoms with Crippen LogP contribution in [-0.2, 0) is 14.9 Å². The van der Waals surface area contributed by atoms with Crippen LogP contribution in [0.4, 0.5) is 5.69 Å². The highest BCUT2D eigenvalue weighted by Gasteiger charge is 2.43. The Bertz CT molecular complexity index is 846. The number of ether oxygens (including phenoxy) is 3. The van der Waals surface area contributed by atoms with E-state index in [-0.39, 0.29) is 12.7 Å². The summed E-state index contributed by atoms with van der Waals surface area (Å²) >= 11 is 6.44. The van der Waals surface area contributed by atoms with Crippen molar-refractivity contribution in [3.05, 3.63) is 52.5 Å². The van der Waals surface area contributed by atoms with Gasteiger partial charge in [-0.2, -0.15) is 0 Å². The number of benzene rings is 2. The molecule has 0 atom stereocenters. The topological polar surface area (TPSA) is 56.8 Å². The number of nitrogens with one attached hydrogen (secondary N) is 1. The van der Waals surface area contributed by atoms with Crippen molar-refractivity contribution in [3.63, 3.8) is 0 Å². The highest BCUT2D eigenvalue weighted by Crippen LogP contribution is 2.41. The molecule has 0 aromatic heterocycles. The van der Waals surface area contributed by atoms with Crippen molar-refractivity contribution in [2.45, 2.75) is 25.2 Å². The standard InChI is InChI=1S/C20H20ClNO4/c1-13-10-17-18(26-12-25-17)11-16(13)22-19(23)20(6-8-24-9-7-20)14-4-2-3-5-15(14)21/h2-5,10-11H,6-9,12H2,1H3,(H,22,23). The minimum Gasteiger partial charge on any atom is -0.454 e. The first-order valence-corrected chi connectivity index (χ1v) is 9.02. The first-order valence-electron chi connectivity index (χ1n) is 8.65. The molecule has 0 saturated carbocycles. The Labute approximate surface area is 157 Å². The molecule has 2 aromatic carbocycles. The van der Waals surface area contributed by atoms with Gasteiger partial charge in [0.15, 0.2) is 11.5 Å². The fourth-order valence-electron chi connectivity index (χ4n) is 3.61. The van der Waals surface area contributed by atoms with Crippen molar-refractivity contribution in [2.24, 2.45) is 0 Å². The number of rotatable bonds is 3. The molecule has 0 aliphatic carbocycles. The second-order valence-electron chi connectivity index (χ2n) is 6.65. The monoisotopic (exact) mass is 373 g/mol. The maximum Gasteiger partial charge on any atom is 0.235 e. The van der Waals surface area contributed by atoms with E-state index < -0.39 is 5.41 Å². The second kappa shape index (κ2) is 6.82. The van der Waals surface area contributed by atoms with Crippen LogP contribution >= 0.6 is 11.6 Å². The van der Waals surface area contributed by atoms with E-state index >= 15 is 0 Å². The van der Waals surface area contributed by atoms with Crippen LogP contribution in [-0.4, -0.2) is 25.9 Å². The molecule has 2 aliphatic heterocycles. The molecule has 1 fully saturated rings. The van der Waals surface area contributed by atoms with Gasteiger partial charge in [-0.05, 0) is 43.0 Å². The van der Waals surface area contributed by atoms with Gasteiger partial charge >= 0.3 is 0 Å². The van der Waals surface area contributed by atoms with Crippen molar-refractivity contribution < 1.29 is 19.0 Å². The third-order valence-corrected chi connectivity index (χ3v) is 5.47. The molecule has 1 saturated heterocycles. The van der Waals surface area contributed by atoms with Crippen molar-refractivity contribution in [1.82, 2.24) is 0 Å². The van der Waals surface area contributed by atoms with E-state index in [2.05, 4.69) is 5.32 Å². The van der Waals surface area contributed by atoms with Gasteiger partial charge in [-0.25, -0.2) is 0 Å². The van der Waals surface area contributed by atoms with Crippen LogP contribution in [0.25, 0.3) is 0 Å². The first kappa shape index (κ1) is 17.2. The summed E-state index contributed by atoms with van der Waals surface area (Å²) in [6, 6.07) is 11.2. The Balaban J connectivity index is 1.69. The number of carbonyl (C=O) groups excluding carboxylic acids is 1. The number of anilines is 1. The Morgan fingerprint density at radius 1 is 1.12 bits per heavy atom. The molecule has 1 amide bonds. The first-order chi connectivity index (χ1) is 12.6. The van der Waals surface area contributed by atoms with E-state index in [1.165, 1.54) is 0 Å². The molecule has 136 valence electrons. The minimum atomic E-state index is -0.709. The Hall–Kier alpha value is -2.24. The van der Waals surface area contributed by atoms with Gasteiger partial charge in [0.2, 0.25) is 12.7 Å². The molecule has 0 bridgehead atoms. The molecule has 0 spiro atoms. The lowest BCUT2D eigenvalue weighted by Crippen LogP contribution is -2.45. The molecular formula is C20H20ClNO4. The van der Waals surface area contributed by atoms with Crippen LogP contribution < -0.4 is 14.8 Å². The van der Waals surface area contributed by atoms with Crippen LogP contribution in [0.15, 0.2) is 36.4 Å². The molecule has 2 aliphatic rings. The van der Waals surface area contributed by atoms with Crippen LogP contribution in [0.1, 0.15) is 24.0 Å². The highest BCUT2D eigenvalue weighted by molar-refractivity contribution is 6.31. The van der Waals surface area contributed by atoms with Gasteiger partial charge in [0.1, 0.15) is 0 Å². The largest absolute Gasteiger partial charge is 0.454 e. The SMILES string of the molecule is Cc1cc2c(cc1NC(=O)C1(c3ccccc3Cl)CCOCC1)OCO2. The van der Waals surface area contributed by atoms with Crippen molar-refractivity contribution in [1.29, 1.82) is 0 Å². The summed E-state index contributed by atoms with van der Waals surface area (Å²) in [4.78, 5) is 13.4. The number of amides is 1. The number of halogens is 1. The predicted octanol–water partition coefficient (Wildman–Crippen LogP) is 4.06. The quantitative estimate of drug-likeness (QED) is 0.881. The van der Waals surface area contributed by atoms with Crippen LogP contribution in [0.2, 0.25) is 5.02 Å². The fourth-order valence-corrected chi connectivity index (χ4v) is 3.92. The van der Waals surface area contributed by atoms with Gasteiger partial charge in [0.05, 0.1) is 5.41 Å². The molecule has 0 unspecified atom stereocenters. The third-order valence-electron chi connectivity index (χ3n) is 5.14. The van der Waals surface area contributed by atoms with E-state index in [1.54, 1.807) is 0 Å². The van der Waals surface area contributed by atoms with E-state index in [4.69, 9.17) is 25.8 Å². The number of hydrogen-bond acceptors (Lipinski definition) is 4. The van der Waals surface area contributed by atoms with Gasteiger partial charge in [-0.15, -0.1) is 0 Å². The lowest BCUT2D eigenvalue weighted by Gasteiger charge is -2.37. The molecule has 5 nitrogen and oxygen atoms in total. The number of hydrogen-bond donors (Lipinski definition) is 1. The van der Waals surface area contributed by atoms with Crippen LogP contribution in [0, 0.1) is 6.92 Å². The lowest BCUT2D eigenvalue weighted by molar-refractivity contribution is -0.125. The highest BCUT2D eigenvalue weighted by atomic mass is 35.5. The van der Waals surface area contributed by atoms with Crippen LogP contribution in [0.5, 0.6) is 11.5 Å². The summed E-state index contributed by atoms with van der Waals surface area (Å²) in [6.45, 7) is 3.19. The minimum absolute atomic E-state index is 0.0733. The van der Waals surface area contributed by atoms with E-state index in [0.717, 1.165) is 16.8 Å². The molecular weight excluding hydrogens is 354 g/mol. The summed E-state index contributed by atoms with van der Waals surface area (Å²) in [5, 5.41) is 3.69. The zero-order valence-electron chi connectivity index (χ0n) is 14.5. The summed E-state index contributed by atoms with van der Waals surface area (Å²) < 4.78 is 16.3. The summed E-state index contributed by atoms with van der Waals surface area (Å²) in [5.74, 6) is 1.27. The molecule has 26 heavy (non-hydrogen) atoms. The van der Waals surface area contributed by atoms with Gasteiger partial charge in [-0.3, -0.25) is 4.79 Å². The van der Waals surface area contributed by atoms with Crippen molar-refractivity contribution in [2.75, 3.05) is 25.3 Å². The van der Waals surface area contributed by atoms with Crippen molar-refractivity contribution >= 4 is 23.2 Å². The maximum absolute atomic E-state index is 13.4. The van der Waals surface area contributed by atoms with Gasteiger partial charge in [0.25, 0.3) is 0 Å². The Morgan fingerprint density at radius 3 is 2.54 bits per heavy atom. The molecule has 4 rings (SSSR count). The van der Waals surface area contributed by atoms with E-state index in [0.29, 0.717) is 42.6 Å². The number of aryl methyl sites for hydroxylation is 1. The zero-order chi connectivity index (χ0) is 18.1. The smallest absolute Gasteiger partial charge is 0.235 e. The van der Waals surface area contributed by atoms with Gasteiger partial charge in [-0.1, -0.05) is 29.8 Å².